The van der Waals surface area contributed by atoms with Crippen molar-refractivity contribution in [1.29, 1.82) is 5.26 Å². The predicted molar refractivity (Wildman–Crippen MR) is 110 cm³/mol. The number of carbonyl (C=O) groups is 2. The Kier molecular flexibility index (Phi) is 8.57. The van der Waals surface area contributed by atoms with E-state index in [0.717, 1.165) is 0 Å². The van der Waals surface area contributed by atoms with Crippen LogP contribution >= 0.6 is 35.0 Å². The molecule has 0 N–H and O–H groups in total. The van der Waals surface area contributed by atoms with Crippen molar-refractivity contribution in [3.63, 3.8) is 0 Å². The maximum atomic E-state index is 13.5. The highest BCUT2D eigenvalue weighted by atomic mass is 35.5. The normalized spacial score (nSPS) is 17.9. The average Bonchev–Trinajstić information content (AvgIpc) is 3.04. The van der Waals surface area contributed by atoms with E-state index in [1.165, 1.54) is 19.9 Å². The molecule has 1 atom stereocenters. The molecule has 1 unspecified atom stereocenters. The average molecular weight is 565 g/mol. The van der Waals surface area contributed by atoms with E-state index >= 15 is 0 Å². The van der Waals surface area contributed by atoms with Gasteiger partial charge < -0.3 is 9.47 Å². The Bertz CT molecular complexity index is 1090. The van der Waals surface area contributed by atoms with Gasteiger partial charge in [-0.05, 0) is 37.7 Å². The third-order valence-electron chi connectivity index (χ3n) is 4.05. The van der Waals surface area contributed by atoms with E-state index in [-0.39, 0.29) is 18.1 Å². The van der Waals surface area contributed by atoms with Crippen LogP contribution in [0.25, 0.3) is 0 Å². The van der Waals surface area contributed by atoms with Crippen molar-refractivity contribution in [1.82, 2.24) is 4.90 Å². The molecule has 35 heavy (non-hydrogen) atoms. The molecule has 0 saturated heterocycles. The van der Waals surface area contributed by atoms with Crippen LogP contribution in [-0.2, 0) is 21.2 Å². The second kappa shape index (κ2) is 10.5. The number of hydrogen-bond donors (Lipinski definition) is 0. The van der Waals surface area contributed by atoms with E-state index in [2.05, 4.69) is 19.7 Å². The van der Waals surface area contributed by atoms with Crippen LogP contribution in [0.15, 0.2) is 33.1 Å². The zero-order valence-electron chi connectivity index (χ0n) is 17.4. The smallest absolute Gasteiger partial charge is 0.446 e. The molecular weight excluding hydrogens is 553 g/mol. The van der Waals surface area contributed by atoms with Gasteiger partial charge in [-0.2, -0.15) is 41.6 Å². The summed E-state index contributed by atoms with van der Waals surface area (Å²) in [5, 5.41) is 15.0. The van der Waals surface area contributed by atoms with Crippen LogP contribution in [0, 0.1) is 11.3 Å². The maximum absolute atomic E-state index is 13.5. The van der Waals surface area contributed by atoms with Gasteiger partial charge in [0.2, 0.25) is 5.54 Å². The zero-order chi connectivity index (χ0) is 26.8. The molecule has 0 fully saturated rings. The molecule has 0 radical (unpaired) electrons. The first kappa shape index (κ1) is 28.5. The minimum absolute atomic E-state index is 0.0322. The molecule has 1 heterocycles. The van der Waals surface area contributed by atoms with Crippen LogP contribution in [0.2, 0.25) is 10.0 Å². The number of carbonyl (C=O) groups excluding carboxylic acids is 2. The highest BCUT2D eigenvalue weighted by molar-refractivity contribution is 8.04. The first-order valence-corrected chi connectivity index (χ1v) is 10.7. The second-order valence-electron chi connectivity index (χ2n) is 6.27. The van der Waals surface area contributed by atoms with Crippen molar-refractivity contribution in [2.24, 2.45) is 10.2 Å². The molecule has 1 aliphatic rings. The van der Waals surface area contributed by atoms with Gasteiger partial charge in [0.1, 0.15) is 6.07 Å². The summed E-state index contributed by atoms with van der Waals surface area (Å²) in [5.74, 6) is -1.11. The molecule has 0 aromatic heterocycles. The molecule has 0 aliphatic carbocycles. The fourth-order valence-corrected chi connectivity index (χ4v) is 4.31. The first-order chi connectivity index (χ1) is 16.1. The lowest BCUT2D eigenvalue weighted by molar-refractivity contribution is -0.137. The van der Waals surface area contributed by atoms with Gasteiger partial charge in [0.15, 0.2) is 5.82 Å². The number of rotatable bonds is 5. The first-order valence-electron chi connectivity index (χ1n) is 9.17. The number of hydrogen-bond acceptors (Lipinski definition) is 8. The number of imide groups is 1. The van der Waals surface area contributed by atoms with Gasteiger partial charge in [-0.15, -0.1) is 5.11 Å². The van der Waals surface area contributed by atoms with Crippen molar-refractivity contribution < 1.29 is 45.4 Å². The van der Waals surface area contributed by atoms with Gasteiger partial charge in [-0.25, -0.2) is 9.59 Å². The predicted octanol–water partition coefficient (Wildman–Crippen LogP) is 7.23. The number of benzene rings is 1. The summed E-state index contributed by atoms with van der Waals surface area (Å²) in [6, 6.07) is 2.08. The summed E-state index contributed by atoms with van der Waals surface area (Å²) < 4.78 is 89.3. The Hall–Kier alpha value is -2.70. The summed E-state index contributed by atoms with van der Waals surface area (Å²) in [6.45, 7) is 2.03. The molecule has 2 amide bonds. The fourth-order valence-electron chi connectivity index (χ4n) is 2.76. The largest absolute Gasteiger partial charge is 0.449 e. The van der Waals surface area contributed by atoms with Crippen molar-refractivity contribution in [2.75, 3.05) is 13.2 Å². The van der Waals surface area contributed by atoms with Crippen LogP contribution in [0.3, 0.4) is 0 Å². The summed E-state index contributed by atoms with van der Waals surface area (Å²) >= 11 is 10.9. The third kappa shape index (κ3) is 5.93. The summed E-state index contributed by atoms with van der Waals surface area (Å²) in [7, 11) is 0. The van der Waals surface area contributed by atoms with Crippen LogP contribution < -0.4 is 0 Å². The summed E-state index contributed by atoms with van der Waals surface area (Å²) in [6.07, 6.45) is -7.96. The van der Waals surface area contributed by atoms with E-state index in [4.69, 9.17) is 23.2 Å². The number of nitrogens with zero attached hydrogens (tertiary/aromatic N) is 4. The Morgan fingerprint density at radius 2 is 1.57 bits per heavy atom. The van der Waals surface area contributed by atoms with Gasteiger partial charge in [0, 0.05) is 15.6 Å². The van der Waals surface area contributed by atoms with E-state index in [0.29, 0.717) is 12.1 Å². The number of nitriles is 1. The fraction of sp³-hybridized carbons (Fsp3) is 0.389. The minimum Gasteiger partial charge on any atom is -0.449 e. The Morgan fingerprint density at radius 1 is 1.09 bits per heavy atom. The van der Waals surface area contributed by atoms with E-state index < -0.39 is 73.1 Å². The number of thioether (sulfide) groups is 1. The number of amides is 2. The van der Waals surface area contributed by atoms with Gasteiger partial charge in [-0.3, -0.25) is 0 Å². The molecule has 2 rings (SSSR count). The highest BCUT2D eigenvalue weighted by Crippen LogP contribution is 2.55. The van der Waals surface area contributed by atoms with Crippen molar-refractivity contribution in [3.05, 3.63) is 44.0 Å². The number of azo groups is 1. The number of alkyl halides is 6. The highest BCUT2D eigenvalue weighted by Gasteiger charge is 2.54. The molecule has 0 bridgehead atoms. The van der Waals surface area contributed by atoms with E-state index in [9.17, 15) is 41.2 Å². The summed E-state index contributed by atoms with van der Waals surface area (Å²) in [5.41, 5.74) is -10.2. The van der Waals surface area contributed by atoms with Crippen LogP contribution in [0.5, 0.6) is 0 Å². The maximum Gasteiger partial charge on any atom is 0.446 e. The molecule has 0 saturated carbocycles. The molecular formula is C18H12Cl2F6N4O4S. The monoisotopic (exact) mass is 564 g/mol. The molecule has 17 heteroatoms. The van der Waals surface area contributed by atoms with Crippen LogP contribution in [-0.4, -0.2) is 35.8 Å². The van der Waals surface area contributed by atoms with E-state index in [1.807, 2.05) is 0 Å². The Labute approximate surface area is 207 Å². The second-order valence-corrected chi connectivity index (χ2v) is 8.16. The molecule has 190 valence electrons. The van der Waals surface area contributed by atoms with Crippen LogP contribution in [0.1, 0.15) is 25.0 Å². The van der Waals surface area contributed by atoms with E-state index in [1.54, 1.807) is 0 Å². The summed E-state index contributed by atoms with van der Waals surface area (Å²) in [4.78, 5) is 23.6. The molecule has 0 spiro atoms. The van der Waals surface area contributed by atoms with Gasteiger partial charge in [-0.1, -0.05) is 23.2 Å². The molecule has 1 aliphatic heterocycles. The van der Waals surface area contributed by atoms with Crippen molar-refractivity contribution in [3.8, 4) is 6.07 Å². The quantitative estimate of drug-likeness (QED) is 0.349. The van der Waals surface area contributed by atoms with Crippen LogP contribution in [0.4, 0.5) is 35.9 Å². The molecule has 1 aromatic rings. The lowest BCUT2D eigenvalue weighted by Gasteiger charge is -2.25. The van der Waals surface area contributed by atoms with Crippen molar-refractivity contribution >= 4 is 47.2 Å². The lowest BCUT2D eigenvalue weighted by Crippen LogP contribution is -2.38. The minimum atomic E-state index is -5.15. The zero-order valence-corrected chi connectivity index (χ0v) is 19.8. The Balaban J connectivity index is 2.89. The van der Waals surface area contributed by atoms with Crippen molar-refractivity contribution in [2.45, 2.75) is 31.1 Å². The molecule has 8 nitrogen and oxygen atoms in total. The number of halogens is 8. The standard InChI is InChI=1S/C18H12Cl2F6N4O4S/c1-3-33-14(31)30(15(32)34-4-2)13-12(35-18(24,25)26)16(7-27,29-28-13)11-9(19)5-8(6-10(11)20)17(21,22)23/h5-6H,3-4H2,1-2H3. The number of ether oxygens (including phenoxy) is 2. The third-order valence-corrected chi connectivity index (χ3v) is 5.56. The topological polar surface area (TPSA) is 104 Å². The molecule has 1 aromatic carbocycles. The lowest BCUT2D eigenvalue weighted by atomic mass is 9.90. The Morgan fingerprint density at radius 3 is 1.94 bits per heavy atom. The van der Waals surface area contributed by atoms with Gasteiger partial charge >= 0.3 is 23.9 Å². The SMILES string of the molecule is CCOC(=O)N(C(=O)OCC)C1=C(SC(F)(F)F)C(C#N)(c2c(Cl)cc(C(F)(F)F)cc2Cl)N=N1. The van der Waals surface area contributed by atoms with Gasteiger partial charge in [0.05, 0.1) is 23.7 Å². The van der Waals surface area contributed by atoms with Gasteiger partial charge in [0.25, 0.3) is 0 Å².